The van der Waals surface area contributed by atoms with Crippen molar-refractivity contribution in [3.05, 3.63) is 23.3 Å². The average Bonchev–Trinajstić information content (AvgIpc) is 2.97. The average molecular weight is 287 g/mol. The van der Waals surface area contributed by atoms with E-state index in [4.69, 9.17) is 9.47 Å². The monoisotopic (exact) mass is 287 g/mol. The maximum atomic E-state index is 5.69. The maximum absolute atomic E-state index is 5.69. The third-order valence-corrected chi connectivity index (χ3v) is 4.13. The zero-order valence-corrected chi connectivity index (χ0v) is 11.8. The van der Waals surface area contributed by atoms with E-state index in [-0.39, 0.29) is 0 Å². The number of nitrogens with one attached hydrogen (secondary N) is 1. The van der Waals surface area contributed by atoms with Gasteiger partial charge in [-0.3, -0.25) is 0 Å². The predicted molar refractivity (Wildman–Crippen MR) is 77.5 cm³/mol. The highest BCUT2D eigenvalue weighted by atomic mass is 32.1. The molecule has 5 nitrogen and oxygen atoms in total. The topological polar surface area (TPSA) is 60.0 Å². The first-order chi connectivity index (χ1) is 9.79. The molecule has 102 valence electrons. The van der Waals surface area contributed by atoms with Crippen LogP contribution in [0.25, 0.3) is 21.7 Å². The zero-order valence-electron chi connectivity index (χ0n) is 11.0. The number of aryl methyl sites for hydroxylation is 1. The van der Waals surface area contributed by atoms with Gasteiger partial charge in [0.2, 0.25) is 0 Å². The van der Waals surface area contributed by atoms with Gasteiger partial charge in [-0.1, -0.05) is 0 Å². The number of fused-ring (bicyclic) bond motifs is 2. The van der Waals surface area contributed by atoms with E-state index in [1.54, 1.807) is 11.3 Å². The van der Waals surface area contributed by atoms with E-state index in [1.807, 2.05) is 25.3 Å². The minimum absolute atomic E-state index is 0.684. The van der Waals surface area contributed by atoms with Gasteiger partial charge in [-0.25, -0.2) is 9.97 Å². The van der Waals surface area contributed by atoms with Crippen molar-refractivity contribution in [3.63, 3.8) is 0 Å². The number of aromatic nitrogens is 3. The van der Waals surface area contributed by atoms with E-state index in [0.717, 1.165) is 44.7 Å². The third-order valence-electron chi connectivity index (χ3n) is 3.21. The van der Waals surface area contributed by atoms with Crippen LogP contribution in [0.2, 0.25) is 0 Å². The van der Waals surface area contributed by atoms with Crippen LogP contribution in [0.1, 0.15) is 11.4 Å². The smallest absolute Gasteiger partial charge is 0.163 e. The third kappa shape index (κ3) is 1.92. The second-order valence-corrected chi connectivity index (χ2v) is 5.93. The van der Waals surface area contributed by atoms with E-state index in [9.17, 15) is 0 Å². The van der Waals surface area contributed by atoms with Gasteiger partial charge >= 0.3 is 0 Å². The number of nitrogens with zero attached hydrogens (tertiary/aromatic N) is 2. The molecule has 0 radical (unpaired) electrons. The van der Waals surface area contributed by atoms with Crippen LogP contribution in [0.15, 0.2) is 18.3 Å². The van der Waals surface area contributed by atoms with Crippen molar-refractivity contribution in [3.8, 4) is 22.2 Å². The van der Waals surface area contributed by atoms with Crippen molar-refractivity contribution in [2.45, 2.75) is 13.3 Å². The van der Waals surface area contributed by atoms with E-state index in [2.05, 4.69) is 15.0 Å². The fraction of sp³-hybridized carbons (Fsp3) is 0.286. The molecule has 1 aliphatic heterocycles. The van der Waals surface area contributed by atoms with Gasteiger partial charge in [-0.05, 0) is 6.92 Å². The van der Waals surface area contributed by atoms with Gasteiger partial charge in [0, 0.05) is 24.8 Å². The van der Waals surface area contributed by atoms with Crippen molar-refractivity contribution < 1.29 is 9.47 Å². The number of benzene rings is 1. The summed E-state index contributed by atoms with van der Waals surface area (Å²) in [6.45, 7) is 3.36. The van der Waals surface area contributed by atoms with E-state index >= 15 is 0 Å². The van der Waals surface area contributed by atoms with E-state index in [0.29, 0.717) is 13.2 Å². The quantitative estimate of drug-likeness (QED) is 0.747. The number of imidazole rings is 1. The molecule has 0 fully saturated rings. The van der Waals surface area contributed by atoms with E-state index < -0.39 is 0 Å². The molecule has 3 heterocycles. The molecule has 6 heteroatoms. The molecule has 0 spiro atoms. The van der Waals surface area contributed by atoms with Crippen molar-refractivity contribution in [2.75, 3.05) is 13.2 Å². The molecule has 0 atom stereocenters. The Hall–Kier alpha value is -2.08. The van der Waals surface area contributed by atoms with E-state index in [1.165, 1.54) is 0 Å². The number of hydrogen-bond donors (Lipinski definition) is 1. The molecule has 0 amide bonds. The zero-order chi connectivity index (χ0) is 13.5. The van der Waals surface area contributed by atoms with Crippen LogP contribution in [-0.4, -0.2) is 28.2 Å². The van der Waals surface area contributed by atoms with Gasteiger partial charge in [0.25, 0.3) is 0 Å². The summed E-state index contributed by atoms with van der Waals surface area (Å²) in [4.78, 5) is 13.2. The lowest BCUT2D eigenvalue weighted by molar-refractivity contribution is 0.297. The van der Waals surface area contributed by atoms with Crippen LogP contribution in [0, 0.1) is 6.92 Å². The Morgan fingerprint density at radius 3 is 2.75 bits per heavy atom. The number of ether oxygens (including phenoxy) is 2. The lowest BCUT2D eigenvalue weighted by Crippen LogP contribution is -1.97. The fourth-order valence-corrected chi connectivity index (χ4v) is 2.98. The minimum atomic E-state index is 0.684. The Morgan fingerprint density at radius 1 is 1.20 bits per heavy atom. The van der Waals surface area contributed by atoms with Gasteiger partial charge < -0.3 is 14.5 Å². The second kappa shape index (κ2) is 4.49. The summed E-state index contributed by atoms with van der Waals surface area (Å²) < 4.78 is 11.4. The van der Waals surface area contributed by atoms with Crippen LogP contribution in [-0.2, 0) is 0 Å². The molecule has 1 aromatic carbocycles. The Kier molecular flexibility index (Phi) is 2.63. The lowest BCUT2D eigenvalue weighted by Gasteiger charge is -2.05. The molecule has 2 aromatic heterocycles. The predicted octanol–water partition coefficient (Wildman–Crippen LogP) is 3.16. The molecule has 3 aromatic rings. The van der Waals surface area contributed by atoms with Crippen LogP contribution >= 0.6 is 11.3 Å². The Balaban J connectivity index is 1.83. The number of aromatic amines is 1. The van der Waals surface area contributed by atoms with Crippen molar-refractivity contribution in [2.24, 2.45) is 0 Å². The van der Waals surface area contributed by atoms with Crippen LogP contribution in [0.3, 0.4) is 0 Å². The maximum Gasteiger partial charge on any atom is 0.163 e. The van der Waals surface area contributed by atoms with Crippen LogP contribution in [0.5, 0.6) is 11.5 Å². The lowest BCUT2D eigenvalue weighted by atomic mass is 10.3. The van der Waals surface area contributed by atoms with Crippen molar-refractivity contribution in [1.29, 1.82) is 0 Å². The summed E-state index contributed by atoms with van der Waals surface area (Å²) in [6.07, 6.45) is 2.75. The highest BCUT2D eigenvalue weighted by Crippen LogP contribution is 2.35. The van der Waals surface area contributed by atoms with Gasteiger partial charge in [-0.2, -0.15) is 0 Å². The largest absolute Gasteiger partial charge is 0.489 e. The molecular weight excluding hydrogens is 274 g/mol. The molecule has 0 aliphatic carbocycles. The summed E-state index contributed by atoms with van der Waals surface area (Å²) in [5.41, 5.74) is 1.84. The molecule has 20 heavy (non-hydrogen) atoms. The normalized spacial score (nSPS) is 14.4. The fourth-order valence-electron chi connectivity index (χ4n) is 2.25. The molecular formula is C14H13N3O2S. The molecule has 0 unspecified atom stereocenters. The summed E-state index contributed by atoms with van der Waals surface area (Å²) >= 11 is 1.62. The van der Waals surface area contributed by atoms with Gasteiger partial charge in [0.1, 0.15) is 5.82 Å². The number of hydrogen-bond acceptors (Lipinski definition) is 5. The van der Waals surface area contributed by atoms with Gasteiger partial charge in [0.05, 0.1) is 34.1 Å². The Morgan fingerprint density at radius 2 is 2.00 bits per heavy atom. The molecule has 1 N–H and O–H groups in total. The molecule has 0 saturated carbocycles. The first kappa shape index (κ1) is 11.7. The Labute approximate surface area is 119 Å². The summed E-state index contributed by atoms with van der Waals surface area (Å²) in [7, 11) is 0. The first-order valence-corrected chi connectivity index (χ1v) is 7.33. The number of thiazole rings is 1. The Bertz CT molecular complexity index is 735. The molecule has 0 bridgehead atoms. The summed E-state index contributed by atoms with van der Waals surface area (Å²) in [5, 5.41) is 1.03. The number of H-pyrrole nitrogens is 1. The van der Waals surface area contributed by atoms with Crippen molar-refractivity contribution >= 4 is 22.4 Å². The molecule has 0 saturated heterocycles. The van der Waals surface area contributed by atoms with Gasteiger partial charge in [0.15, 0.2) is 11.5 Å². The SMILES string of the molecule is Cc1ncc(-c2nc3cc4c(cc3[nH]2)OCCCO4)s1. The molecule has 1 aliphatic rings. The van der Waals surface area contributed by atoms with Crippen LogP contribution in [0.4, 0.5) is 0 Å². The second-order valence-electron chi connectivity index (χ2n) is 4.70. The van der Waals surface area contributed by atoms with Crippen molar-refractivity contribution in [1.82, 2.24) is 15.0 Å². The standard InChI is InChI=1S/C14H13N3O2S/c1-8-15-7-13(20-8)14-16-9-5-11-12(6-10(9)17-14)19-4-2-3-18-11/h5-7H,2-4H2,1H3,(H,16,17). The summed E-state index contributed by atoms with van der Waals surface area (Å²) in [5.74, 6) is 2.39. The minimum Gasteiger partial charge on any atom is -0.489 e. The first-order valence-electron chi connectivity index (χ1n) is 6.52. The highest BCUT2D eigenvalue weighted by Gasteiger charge is 2.15. The van der Waals surface area contributed by atoms with Crippen LogP contribution < -0.4 is 9.47 Å². The highest BCUT2D eigenvalue weighted by molar-refractivity contribution is 7.14. The number of rotatable bonds is 1. The summed E-state index contributed by atoms with van der Waals surface area (Å²) in [6, 6.07) is 3.89. The van der Waals surface area contributed by atoms with Gasteiger partial charge in [-0.15, -0.1) is 11.3 Å². The molecule has 4 rings (SSSR count).